The summed E-state index contributed by atoms with van der Waals surface area (Å²) in [6, 6.07) is 24.1. The second-order valence-corrected chi connectivity index (χ2v) is 8.33. The van der Waals surface area contributed by atoms with Gasteiger partial charge in [-0.1, -0.05) is 18.2 Å². The van der Waals surface area contributed by atoms with E-state index in [1.807, 2.05) is 0 Å². The molecule has 3 aliphatic heterocycles. The second kappa shape index (κ2) is 4.31. The van der Waals surface area contributed by atoms with Gasteiger partial charge in [-0.15, -0.1) is 9.13 Å². The summed E-state index contributed by atoms with van der Waals surface area (Å²) in [6.07, 6.45) is 4.49. The topological polar surface area (TPSA) is 17.0 Å². The normalized spacial score (nSPS) is 18.9. The van der Waals surface area contributed by atoms with Crippen molar-refractivity contribution < 1.29 is 13.9 Å². The Morgan fingerprint density at radius 2 is 1.62 bits per heavy atom. The number of fused-ring (bicyclic) bond motifs is 2. The molecule has 0 fully saturated rings. The Morgan fingerprint density at radius 3 is 2.59 bits per heavy atom. The van der Waals surface area contributed by atoms with E-state index in [-0.39, 0.29) is 0 Å². The highest BCUT2D eigenvalue weighted by Gasteiger charge is 2.69. The molecule has 0 radical (unpaired) electrons. The number of aromatic nitrogens is 2. The van der Waals surface area contributed by atoms with Crippen molar-refractivity contribution in [3.63, 3.8) is 0 Å². The Morgan fingerprint density at radius 1 is 0.759 bits per heavy atom. The predicted octanol–water partition coefficient (Wildman–Crippen LogP) is 4.57. The predicted molar refractivity (Wildman–Crippen MR) is 110 cm³/mol. The van der Waals surface area contributed by atoms with Crippen LogP contribution < -0.4 is 13.9 Å². The van der Waals surface area contributed by atoms with Crippen molar-refractivity contribution in [2.75, 3.05) is 0 Å². The number of hydrogen-bond acceptors (Lipinski definition) is 1. The zero-order valence-corrected chi connectivity index (χ0v) is 15.8. The third-order valence-electron chi connectivity index (χ3n) is 6.93. The van der Waals surface area contributed by atoms with Gasteiger partial charge in [-0.3, -0.25) is 0 Å². The first-order valence-electron chi connectivity index (χ1n) is 10.0. The number of ether oxygens (including phenoxy) is 1. The third kappa shape index (κ3) is 1.33. The van der Waals surface area contributed by atoms with Gasteiger partial charge in [0, 0.05) is 23.6 Å². The van der Waals surface area contributed by atoms with E-state index in [1.165, 1.54) is 49.6 Å². The fourth-order valence-corrected chi connectivity index (χ4v) is 5.92. The first-order valence-corrected chi connectivity index (χ1v) is 10.0. The molecule has 1 unspecified atom stereocenters. The number of hydrogen-bond donors (Lipinski definition) is 0. The minimum Gasteiger partial charge on any atom is -0.456 e. The van der Waals surface area contributed by atoms with Crippen LogP contribution in [-0.4, -0.2) is 0 Å². The lowest BCUT2D eigenvalue weighted by Crippen LogP contribution is -2.72. The van der Waals surface area contributed by atoms with Crippen LogP contribution in [0, 0.1) is 6.92 Å². The van der Waals surface area contributed by atoms with Crippen LogP contribution in [0.3, 0.4) is 0 Å². The van der Waals surface area contributed by atoms with E-state index < -0.39 is 5.66 Å². The van der Waals surface area contributed by atoms with Gasteiger partial charge in [0.25, 0.3) is 0 Å². The molecule has 0 saturated heterocycles. The second-order valence-electron chi connectivity index (χ2n) is 8.33. The SMILES string of the molecule is Cc1cc[n+]2c(c1)-c1cccc3c1C21c2c(ccc4ccc5ccc[n+]1c5c24)O3. The quantitative estimate of drug-likeness (QED) is 0.281. The molecular formula is C26H16N2O+2. The molecular weight excluding hydrogens is 356 g/mol. The molecule has 5 heterocycles. The molecule has 0 bridgehead atoms. The van der Waals surface area contributed by atoms with Crippen molar-refractivity contribution >= 4 is 21.7 Å². The van der Waals surface area contributed by atoms with Crippen LogP contribution >= 0.6 is 0 Å². The van der Waals surface area contributed by atoms with E-state index in [4.69, 9.17) is 4.74 Å². The van der Waals surface area contributed by atoms with Crippen molar-refractivity contribution in [2.24, 2.45) is 0 Å². The standard InChI is InChI=1S/C26H16N2O/c1-15-11-13-27-19(14-15)18-5-2-6-20-23(18)26(27)24-21(29-20)10-9-16-7-8-17-4-3-12-28(26)25(17)22(16)24/h2-14H,1H3/q+2. The van der Waals surface area contributed by atoms with E-state index in [9.17, 15) is 0 Å². The molecule has 0 saturated carbocycles. The number of nitrogens with zero attached hydrogens (tertiary/aromatic N) is 2. The molecule has 0 amide bonds. The molecule has 134 valence electrons. The molecule has 29 heavy (non-hydrogen) atoms. The van der Waals surface area contributed by atoms with E-state index in [0.29, 0.717) is 0 Å². The molecule has 3 aliphatic rings. The summed E-state index contributed by atoms with van der Waals surface area (Å²) >= 11 is 0. The molecule has 3 nitrogen and oxygen atoms in total. The largest absolute Gasteiger partial charge is 0.456 e. The van der Waals surface area contributed by atoms with Crippen LogP contribution in [0.1, 0.15) is 16.7 Å². The Labute approximate surface area is 167 Å². The lowest BCUT2D eigenvalue weighted by Gasteiger charge is -2.25. The maximum absolute atomic E-state index is 6.52. The summed E-state index contributed by atoms with van der Waals surface area (Å²) in [6.45, 7) is 2.16. The highest BCUT2D eigenvalue weighted by Crippen LogP contribution is 2.56. The molecule has 5 aromatic rings. The van der Waals surface area contributed by atoms with Gasteiger partial charge >= 0.3 is 5.66 Å². The van der Waals surface area contributed by atoms with Gasteiger partial charge in [-0.2, -0.15) is 0 Å². The summed E-state index contributed by atoms with van der Waals surface area (Å²) in [5.41, 5.74) is 7.12. The Balaban J connectivity index is 1.73. The number of rotatable bonds is 0. The Hall–Kier alpha value is -3.72. The fourth-order valence-electron chi connectivity index (χ4n) is 5.92. The van der Waals surface area contributed by atoms with Crippen LogP contribution in [0.4, 0.5) is 0 Å². The minimum absolute atomic E-state index is 0.439. The van der Waals surface area contributed by atoms with Gasteiger partial charge in [0.15, 0.2) is 23.5 Å². The maximum Gasteiger partial charge on any atom is 0.425 e. The molecule has 3 aromatic carbocycles. The van der Waals surface area contributed by atoms with Crippen LogP contribution in [0.25, 0.3) is 32.9 Å². The molecule has 3 heteroatoms. The van der Waals surface area contributed by atoms with Crippen LogP contribution in [0.2, 0.25) is 0 Å². The van der Waals surface area contributed by atoms with Gasteiger partial charge in [-0.25, -0.2) is 0 Å². The third-order valence-corrected chi connectivity index (χ3v) is 6.93. The summed E-state index contributed by atoms with van der Waals surface area (Å²) in [4.78, 5) is 0. The van der Waals surface area contributed by atoms with Crippen LogP contribution in [0.5, 0.6) is 11.5 Å². The van der Waals surface area contributed by atoms with Gasteiger partial charge in [0.05, 0.1) is 10.9 Å². The minimum atomic E-state index is -0.439. The van der Waals surface area contributed by atoms with Crippen molar-refractivity contribution in [1.29, 1.82) is 0 Å². The average molecular weight is 372 g/mol. The lowest BCUT2D eigenvalue weighted by molar-refractivity contribution is -0.950. The van der Waals surface area contributed by atoms with Crippen LogP contribution in [0.15, 0.2) is 79.1 Å². The number of pyridine rings is 2. The van der Waals surface area contributed by atoms with E-state index >= 15 is 0 Å². The maximum atomic E-state index is 6.52. The van der Waals surface area contributed by atoms with Gasteiger partial charge in [-0.05, 0) is 48.2 Å². The molecule has 0 aliphatic carbocycles. The molecule has 2 aromatic heterocycles. The van der Waals surface area contributed by atoms with Gasteiger partial charge in [0.1, 0.15) is 11.5 Å². The smallest absolute Gasteiger partial charge is 0.425 e. The van der Waals surface area contributed by atoms with Crippen molar-refractivity contribution in [3.05, 3.63) is 95.8 Å². The highest BCUT2D eigenvalue weighted by atomic mass is 16.5. The Bertz CT molecular complexity index is 1600. The summed E-state index contributed by atoms with van der Waals surface area (Å²) < 4.78 is 11.4. The van der Waals surface area contributed by atoms with Crippen molar-refractivity contribution in [1.82, 2.24) is 0 Å². The number of benzene rings is 3. The van der Waals surface area contributed by atoms with Gasteiger partial charge < -0.3 is 4.74 Å². The molecule has 0 N–H and O–H groups in total. The fraction of sp³-hybridized carbons (Fsp3) is 0.0769. The van der Waals surface area contributed by atoms with Crippen LogP contribution in [-0.2, 0) is 5.66 Å². The van der Waals surface area contributed by atoms with Gasteiger partial charge in [0.2, 0.25) is 11.2 Å². The first kappa shape index (κ1) is 14.3. The number of aryl methyl sites for hydroxylation is 1. The van der Waals surface area contributed by atoms with Crippen molar-refractivity contribution in [3.8, 4) is 22.8 Å². The average Bonchev–Trinajstić information content (AvgIpc) is 3.23. The summed E-state index contributed by atoms with van der Waals surface area (Å²) in [7, 11) is 0. The monoisotopic (exact) mass is 372 g/mol. The molecule has 8 rings (SSSR count). The zero-order valence-electron chi connectivity index (χ0n) is 15.8. The summed E-state index contributed by atoms with van der Waals surface area (Å²) in [5, 5.41) is 3.83. The van der Waals surface area contributed by atoms with E-state index in [1.54, 1.807) is 0 Å². The Kier molecular flexibility index (Phi) is 2.12. The van der Waals surface area contributed by atoms with E-state index in [0.717, 1.165) is 11.5 Å². The highest BCUT2D eigenvalue weighted by molar-refractivity contribution is 6.08. The summed E-state index contributed by atoms with van der Waals surface area (Å²) in [5.74, 6) is 1.91. The first-order chi connectivity index (χ1) is 14.3. The lowest BCUT2D eigenvalue weighted by atomic mass is 9.86. The molecule has 1 atom stereocenters. The van der Waals surface area contributed by atoms with Crippen molar-refractivity contribution in [2.45, 2.75) is 12.6 Å². The van der Waals surface area contributed by atoms with E-state index in [2.05, 4.69) is 95.2 Å². The molecule has 1 spiro atoms. The zero-order chi connectivity index (χ0) is 18.9.